The second-order valence-corrected chi connectivity index (χ2v) is 12.4. The van der Waals surface area contributed by atoms with E-state index in [0.29, 0.717) is 30.0 Å². The molecule has 0 radical (unpaired) electrons. The van der Waals surface area contributed by atoms with E-state index >= 15 is 0 Å². The van der Waals surface area contributed by atoms with E-state index in [1.165, 1.54) is 0 Å². The third-order valence-corrected chi connectivity index (χ3v) is 11.0. The van der Waals surface area contributed by atoms with Gasteiger partial charge in [0.1, 0.15) is 11.8 Å². The molecule has 37 heavy (non-hydrogen) atoms. The van der Waals surface area contributed by atoms with Crippen LogP contribution in [0.5, 0.6) is 5.75 Å². The van der Waals surface area contributed by atoms with E-state index < -0.39 is 28.7 Å². The minimum absolute atomic E-state index is 0.0292. The predicted octanol–water partition coefficient (Wildman–Crippen LogP) is 3.51. The number of methoxy groups -OCH3 is 1. The van der Waals surface area contributed by atoms with Gasteiger partial charge in [-0.1, -0.05) is 41.1 Å². The van der Waals surface area contributed by atoms with Crippen molar-refractivity contribution in [2.45, 2.75) is 46.7 Å². The monoisotopic (exact) mass is 587 g/mol. The van der Waals surface area contributed by atoms with Crippen LogP contribution in [0.1, 0.15) is 19.8 Å². The van der Waals surface area contributed by atoms with Crippen LogP contribution in [0.3, 0.4) is 0 Å². The fourth-order valence-electron chi connectivity index (χ4n) is 6.11. The number of ether oxygens (including phenoxy) is 1. The normalized spacial score (nSPS) is 30.6. The van der Waals surface area contributed by atoms with Crippen LogP contribution >= 0.6 is 27.7 Å². The van der Waals surface area contributed by atoms with Gasteiger partial charge >= 0.3 is 0 Å². The Morgan fingerprint density at radius 1 is 1.14 bits per heavy atom. The van der Waals surface area contributed by atoms with Crippen LogP contribution in [-0.4, -0.2) is 68.4 Å². The van der Waals surface area contributed by atoms with Gasteiger partial charge in [0.05, 0.1) is 36.3 Å². The van der Waals surface area contributed by atoms with Crippen molar-refractivity contribution in [3.8, 4) is 5.75 Å². The topological polar surface area (TPSA) is 108 Å². The number of likely N-dealkylation sites (tertiary alicyclic amines) is 1. The summed E-state index contributed by atoms with van der Waals surface area (Å²) in [4.78, 5) is 43.1. The molecule has 3 saturated heterocycles. The number of anilines is 2. The SMILES string of the molecule is CC[C@@H](CO)N1C(=O)[C@@H]2[C@H](C(=O)Nc3ccccc3)[C@H]3SC2(CC3Br)C1C(=O)Nc1ccc(OC)cc1. The Morgan fingerprint density at radius 3 is 2.41 bits per heavy atom. The highest BCUT2D eigenvalue weighted by Crippen LogP contribution is 2.68. The number of hydrogen-bond acceptors (Lipinski definition) is 6. The molecule has 3 heterocycles. The van der Waals surface area contributed by atoms with Crippen LogP contribution < -0.4 is 15.4 Å². The summed E-state index contributed by atoms with van der Waals surface area (Å²) < 4.78 is 4.43. The lowest BCUT2D eigenvalue weighted by atomic mass is 9.70. The standard InChI is InChI=1S/C27H30BrN3O5S/c1-3-17(14-32)31-23(25(34)30-16-9-11-18(36-2)12-10-16)27-13-19(28)22(37-27)20(21(27)26(31)35)24(33)29-15-7-5-4-6-8-15/h4-12,17,19-23,32H,3,13-14H2,1-2H3,(H,29,33)(H,30,34)/t17-,19?,20-,21-,22-,23?,27?/m0/s1. The van der Waals surface area contributed by atoms with Gasteiger partial charge < -0.3 is 25.4 Å². The molecular formula is C27H30BrN3O5S. The number of carbonyl (C=O) groups is 3. The number of halogens is 1. The molecule has 8 nitrogen and oxygen atoms in total. The number of amides is 3. The van der Waals surface area contributed by atoms with Crippen molar-refractivity contribution in [2.75, 3.05) is 24.4 Å². The third-order valence-electron chi connectivity index (χ3n) is 7.75. The summed E-state index contributed by atoms with van der Waals surface area (Å²) >= 11 is 5.34. The lowest BCUT2D eigenvalue weighted by molar-refractivity contribution is -0.141. The Balaban J connectivity index is 1.51. The maximum absolute atomic E-state index is 14.1. The number of thioether (sulfide) groups is 1. The summed E-state index contributed by atoms with van der Waals surface area (Å²) in [6.07, 6.45) is 1.07. The molecule has 3 fully saturated rings. The average molecular weight is 589 g/mol. The van der Waals surface area contributed by atoms with Crippen LogP contribution in [0.15, 0.2) is 54.6 Å². The van der Waals surface area contributed by atoms with E-state index in [1.54, 1.807) is 48.0 Å². The second kappa shape index (κ2) is 10.3. The van der Waals surface area contributed by atoms with Gasteiger partial charge in [-0.15, -0.1) is 11.8 Å². The smallest absolute Gasteiger partial charge is 0.248 e. The Bertz CT molecular complexity index is 1180. The first kappa shape index (κ1) is 26.1. The van der Waals surface area contributed by atoms with Crippen molar-refractivity contribution in [1.82, 2.24) is 4.90 Å². The van der Waals surface area contributed by atoms with Crippen molar-refractivity contribution in [3.05, 3.63) is 54.6 Å². The molecular weight excluding hydrogens is 558 g/mol. The van der Waals surface area contributed by atoms with Crippen LogP contribution in [0, 0.1) is 11.8 Å². The first-order chi connectivity index (χ1) is 17.8. The molecule has 1 spiro atoms. The molecule has 2 aromatic carbocycles. The van der Waals surface area contributed by atoms with Crippen molar-refractivity contribution in [2.24, 2.45) is 11.8 Å². The largest absolute Gasteiger partial charge is 0.497 e. The quantitative estimate of drug-likeness (QED) is 0.408. The number of nitrogens with zero attached hydrogens (tertiary/aromatic N) is 1. The molecule has 0 saturated carbocycles. The minimum Gasteiger partial charge on any atom is -0.497 e. The number of benzene rings is 2. The maximum atomic E-state index is 14.1. The van der Waals surface area contributed by atoms with E-state index in [-0.39, 0.29) is 34.4 Å². The number of aliphatic hydroxyl groups excluding tert-OH is 1. The molecule has 7 atom stereocenters. The van der Waals surface area contributed by atoms with Gasteiger partial charge in [0.15, 0.2) is 0 Å². The van der Waals surface area contributed by atoms with Gasteiger partial charge in [0, 0.05) is 21.5 Å². The predicted molar refractivity (Wildman–Crippen MR) is 147 cm³/mol. The molecule has 196 valence electrons. The highest BCUT2D eigenvalue weighted by Gasteiger charge is 2.76. The average Bonchev–Trinajstić information content (AvgIpc) is 3.49. The Hall–Kier alpha value is -2.56. The lowest BCUT2D eigenvalue weighted by Crippen LogP contribution is -2.55. The highest BCUT2D eigenvalue weighted by molar-refractivity contribution is 9.09. The summed E-state index contributed by atoms with van der Waals surface area (Å²) in [6, 6.07) is 14.8. The maximum Gasteiger partial charge on any atom is 0.248 e. The summed E-state index contributed by atoms with van der Waals surface area (Å²) in [5, 5.41) is 16.0. The summed E-state index contributed by atoms with van der Waals surface area (Å²) in [7, 11) is 1.57. The number of alkyl halides is 1. The molecule has 2 aromatic rings. The molecule has 3 unspecified atom stereocenters. The van der Waals surface area contributed by atoms with E-state index in [4.69, 9.17) is 4.74 Å². The molecule has 3 amide bonds. The van der Waals surface area contributed by atoms with Gasteiger partial charge in [-0.3, -0.25) is 14.4 Å². The molecule has 0 aliphatic carbocycles. The Labute approximate surface area is 228 Å². The number of fused-ring (bicyclic) bond motifs is 1. The molecule has 3 aliphatic rings. The van der Waals surface area contributed by atoms with Crippen molar-refractivity contribution in [3.63, 3.8) is 0 Å². The lowest BCUT2D eigenvalue weighted by Gasteiger charge is -2.37. The van der Waals surface area contributed by atoms with Gasteiger partial charge in [-0.2, -0.15) is 0 Å². The van der Waals surface area contributed by atoms with Gasteiger partial charge in [0.25, 0.3) is 0 Å². The van der Waals surface area contributed by atoms with E-state index in [9.17, 15) is 19.5 Å². The molecule has 0 aromatic heterocycles. The highest BCUT2D eigenvalue weighted by atomic mass is 79.9. The minimum atomic E-state index is -0.825. The Morgan fingerprint density at radius 2 is 1.78 bits per heavy atom. The van der Waals surface area contributed by atoms with Crippen molar-refractivity contribution < 1.29 is 24.2 Å². The zero-order chi connectivity index (χ0) is 26.3. The summed E-state index contributed by atoms with van der Waals surface area (Å²) in [5.41, 5.74) is 1.25. The number of carbonyl (C=O) groups excluding carboxylic acids is 3. The summed E-state index contributed by atoms with van der Waals surface area (Å²) in [6.45, 7) is 1.62. The number of para-hydroxylation sites is 1. The zero-order valence-electron chi connectivity index (χ0n) is 20.6. The number of nitrogens with one attached hydrogen (secondary N) is 2. The third kappa shape index (κ3) is 4.32. The number of aliphatic hydroxyl groups is 1. The van der Waals surface area contributed by atoms with Crippen LogP contribution in [-0.2, 0) is 14.4 Å². The fraction of sp³-hybridized carbons (Fsp3) is 0.444. The molecule has 10 heteroatoms. The number of rotatable bonds is 8. The molecule has 5 rings (SSSR count). The van der Waals surface area contributed by atoms with Crippen molar-refractivity contribution >= 4 is 56.8 Å². The van der Waals surface area contributed by atoms with Crippen LogP contribution in [0.25, 0.3) is 0 Å². The number of hydrogen-bond donors (Lipinski definition) is 3. The van der Waals surface area contributed by atoms with E-state index in [2.05, 4.69) is 26.6 Å². The first-order valence-corrected chi connectivity index (χ1v) is 14.2. The van der Waals surface area contributed by atoms with Crippen LogP contribution in [0.2, 0.25) is 0 Å². The Kier molecular flexibility index (Phi) is 7.26. The molecule has 3 N–H and O–H groups in total. The zero-order valence-corrected chi connectivity index (χ0v) is 23.0. The first-order valence-electron chi connectivity index (χ1n) is 12.4. The van der Waals surface area contributed by atoms with Crippen molar-refractivity contribution in [1.29, 1.82) is 0 Å². The van der Waals surface area contributed by atoms with Gasteiger partial charge in [0.2, 0.25) is 17.7 Å². The summed E-state index contributed by atoms with van der Waals surface area (Å²) in [5.74, 6) is -1.37. The van der Waals surface area contributed by atoms with Crippen LogP contribution in [0.4, 0.5) is 11.4 Å². The molecule has 3 aliphatic heterocycles. The van der Waals surface area contributed by atoms with E-state index in [0.717, 1.165) is 0 Å². The van der Waals surface area contributed by atoms with E-state index in [1.807, 2.05) is 37.3 Å². The van der Waals surface area contributed by atoms with Gasteiger partial charge in [-0.05, 0) is 49.2 Å². The second-order valence-electron chi connectivity index (χ2n) is 9.73. The molecule has 2 bridgehead atoms. The van der Waals surface area contributed by atoms with Gasteiger partial charge in [-0.25, -0.2) is 0 Å². The fourth-order valence-corrected chi connectivity index (χ4v) is 9.71.